The van der Waals surface area contributed by atoms with Gasteiger partial charge in [0.1, 0.15) is 0 Å². The van der Waals surface area contributed by atoms with Crippen LogP contribution in [0.5, 0.6) is 0 Å². The SMILES string of the molecule is C(=C(c1ccccc1)c1ccccc1)c1ccc(-c2ccc(C=C(c3ccccc3)c3ccccc3)cc2)cc1.CC(C)(C)c1cc2cc(C(C)(C)C)cc3c4cc(C(C)(C)C)cc5cc(C(C)(C)C)cc(c(c1)c23)c54.c1ccc2cc(-c3c4ccccc4c(-c4ccc5ccccc5c4)c4ccccc34)ccc2c1. The first-order valence-corrected chi connectivity index (χ1v) is 39.1. The number of hydrogen-bond acceptors (Lipinski definition) is 0. The van der Waals surface area contributed by atoms with Gasteiger partial charge in [0.15, 0.2) is 0 Å². The minimum absolute atomic E-state index is 0.0830. The lowest BCUT2D eigenvalue weighted by molar-refractivity contribution is 0.589. The highest BCUT2D eigenvalue weighted by molar-refractivity contribution is 6.33. The van der Waals surface area contributed by atoms with E-state index in [1.54, 1.807) is 0 Å². The summed E-state index contributed by atoms with van der Waals surface area (Å²) in [6.45, 7) is 28.0. The van der Waals surface area contributed by atoms with Crippen molar-refractivity contribution in [1.29, 1.82) is 0 Å². The van der Waals surface area contributed by atoms with Crippen LogP contribution in [0.15, 0.2) is 352 Å². The fourth-order valence-corrected chi connectivity index (χ4v) is 16.1. The summed E-state index contributed by atoms with van der Waals surface area (Å²) >= 11 is 0. The lowest BCUT2D eigenvalue weighted by Gasteiger charge is -2.28. The summed E-state index contributed by atoms with van der Waals surface area (Å²) in [7, 11) is 0. The standard InChI is InChI=1S/C40H30.C36H44.C34H22/c1-5-13-35(14-6-1)39(36-15-7-2-8-16-36)29-31-21-25-33(26-22-31)34-27-23-32(24-28-34)30-40(37-17-9-3-10-18-37)38-19-11-4-12-20-38;1-33(2,3)23-13-21-14-24(34(4,5)6)19-29-30-20-26(36(10,11)12)16-22-15-25(35(7,8)9)18-28(32(22)30)27(17-23)31(21)29;1-3-11-25-21-27(19-17-23(25)9-1)33-29-13-5-7-15-31(29)34(32-16-8-6-14-30(32)33)28-20-18-24-10-2-4-12-26(24)22-28/h1-30H;13-20H,1-12H3;1-22H. The van der Waals surface area contributed by atoms with Crippen LogP contribution in [-0.2, 0) is 21.7 Å². The summed E-state index contributed by atoms with van der Waals surface area (Å²) in [6, 6.07) is 128. The molecule has 0 nitrogen and oxygen atoms in total. The Morgan fingerprint density at radius 2 is 0.427 bits per heavy atom. The Kier molecular flexibility index (Phi) is 19.2. The first-order chi connectivity index (χ1) is 53.1. The molecule has 0 unspecified atom stereocenters. The number of benzene rings is 18. The molecule has 18 aromatic carbocycles. The van der Waals surface area contributed by atoms with Gasteiger partial charge in [0.05, 0.1) is 0 Å². The molecule has 0 bridgehead atoms. The molecule has 0 amide bonds. The highest BCUT2D eigenvalue weighted by Gasteiger charge is 2.27. The normalized spacial score (nSPS) is 12.0. The van der Waals surface area contributed by atoms with Crippen LogP contribution in [-0.4, -0.2) is 0 Å². The van der Waals surface area contributed by atoms with Crippen molar-refractivity contribution in [3.8, 4) is 33.4 Å². The van der Waals surface area contributed by atoms with E-state index in [0.29, 0.717) is 0 Å². The van der Waals surface area contributed by atoms with Crippen LogP contribution < -0.4 is 0 Å². The van der Waals surface area contributed by atoms with Crippen molar-refractivity contribution in [3.63, 3.8) is 0 Å². The van der Waals surface area contributed by atoms with Crippen LogP contribution in [0.25, 0.3) is 143 Å². The molecular weight excluding hydrogens is 1320 g/mol. The van der Waals surface area contributed by atoms with E-state index in [4.69, 9.17) is 0 Å². The zero-order chi connectivity index (χ0) is 76.1. The molecule has 0 radical (unpaired) electrons. The third-order valence-corrected chi connectivity index (χ3v) is 22.3. The van der Waals surface area contributed by atoms with E-state index in [-0.39, 0.29) is 21.7 Å². The zero-order valence-corrected chi connectivity index (χ0v) is 65.6. The van der Waals surface area contributed by atoms with Crippen molar-refractivity contribution in [2.24, 2.45) is 0 Å². The van der Waals surface area contributed by atoms with E-state index in [9.17, 15) is 0 Å². The van der Waals surface area contributed by atoms with E-state index in [0.717, 1.165) is 0 Å². The lowest BCUT2D eigenvalue weighted by atomic mass is 9.76. The number of hydrogen-bond donors (Lipinski definition) is 0. The predicted octanol–water partition coefficient (Wildman–Crippen LogP) is 31.1. The first kappa shape index (κ1) is 72.0. The second-order valence-corrected chi connectivity index (χ2v) is 34.1. The topological polar surface area (TPSA) is 0 Å². The Labute approximate surface area is 650 Å². The van der Waals surface area contributed by atoms with Crippen LogP contribution in [0, 0.1) is 0 Å². The maximum absolute atomic E-state index is 2.49. The van der Waals surface area contributed by atoms with E-state index >= 15 is 0 Å². The highest BCUT2D eigenvalue weighted by atomic mass is 14.3. The number of fused-ring (bicyclic) bond motifs is 6. The van der Waals surface area contributed by atoms with Crippen molar-refractivity contribution in [1.82, 2.24) is 0 Å². The minimum atomic E-state index is 0.0830. The molecule has 110 heavy (non-hydrogen) atoms. The molecule has 0 fully saturated rings. The Morgan fingerprint density at radius 3 is 0.691 bits per heavy atom. The number of rotatable bonds is 9. The van der Waals surface area contributed by atoms with Gasteiger partial charge in [-0.2, -0.15) is 0 Å². The molecule has 18 aromatic rings. The third-order valence-electron chi connectivity index (χ3n) is 22.3. The van der Waals surface area contributed by atoms with Crippen LogP contribution in [0.1, 0.15) is 139 Å². The molecule has 0 spiro atoms. The van der Waals surface area contributed by atoms with Crippen LogP contribution in [0.2, 0.25) is 0 Å². The van der Waals surface area contributed by atoms with Crippen molar-refractivity contribution in [2.45, 2.75) is 105 Å². The molecule has 536 valence electrons. The van der Waals surface area contributed by atoms with Gasteiger partial charge in [-0.3, -0.25) is 0 Å². The maximum Gasteiger partial charge on any atom is -0.00260 e. The van der Waals surface area contributed by atoms with Gasteiger partial charge in [0, 0.05) is 0 Å². The summed E-state index contributed by atoms with van der Waals surface area (Å²) in [6.07, 6.45) is 4.55. The quantitative estimate of drug-likeness (QED) is 0.0768. The van der Waals surface area contributed by atoms with Crippen LogP contribution in [0.4, 0.5) is 0 Å². The van der Waals surface area contributed by atoms with Crippen molar-refractivity contribution < 1.29 is 0 Å². The Morgan fingerprint density at radius 1 is 0.191 bits per heavy atom. The van der Waals surface area contributed by atoms with Gasteiger partial charge in [-0.25, -0.2) is 0 Å². The molecular formula is C110H96. The molecule has 0 aliphatic rings. The second kappa shape index (κ2) is 29.4. The van der Waals surface area contributed by atoms with Gasteiger partial charge < -0.3 is 0 Å². The summed E-state index contributed by atoms with van der Waals surface area (Å²) in [5, 5.41) is 21.4. The van der Waals surface area contributed by atoms with Crippen molar-refractivity contribution in [3.05, 3.63) is 407 Å². The minimum Gasteiger partial charge on any atom is -0.0622 e. The van der Waals surface area contributed by atoms with Gasteiger partial charge in [0.25, 0.3) is 0 Å². The average molecular weight is 1420 g/mol. The fourth-order valence-electron chi connectivity index (χ4n) is 16.1. The van der Waals surface area contributed by atoms with Gasteiger partial charge in [-0.15, -0.1) is 0 Å². The summed E-state index contributed by atoms with van der Waals surface area (Å²) in [5.41, 5.74) is 23.2. The molecule has 0 heterocycles. The highest BCUT2D eigenvalue weighted by Crippen LogP contribution is 2.49. The summed E-state index contributed by atoms with van der Waals surface area (Å²) in [5.74, 6) is 0. The van der Waals surface area contributed by atoms with E-state index < -0.39 is 0 Å². The molecule has 0 saturated carbocycles. The van der Waals surface area contributed by atoms with Gasteiger partial charge >= 0.3 is 0 Å². The Hall–Kier alpha value is -12.2. The monoisotopic (exact) mass is 1420 g/mol. The molecule has 0 N–H and O–H groups in total. The molecule has 18 rings (SSSR count). The second-order valence-electron chi connectivity index (χ2n) is 34.1. The van der Waals surface area contributed by atoms with Gasteiger partial charge in [0.2, 0.25) is 0 Å². The zero-order valence-electron chi connectivity index (χ0n) is 65.6. The van der Waals surface area contributed by atoms with Gasteiger partial charge in [-0.1, -0.05) is 399 Å². The Balaban J connectivity index is 0.000000126. The smallest absolute Gasteiger partial charge is 0.00260 e. The van der Waals surface area contributed by atoms with Crippen molar-refractivity contribution in [2.75, 3.05) is 0 Å². The maximum atomic E-state index is 2.49. The molecule has 0 aliphatic carbocycles. The van der Waals surface area contributed by atoms with E-state index in [2.05, 4.69) is 447 Å². The first-order valence-electron chi connectivity index (χ1n) is 39.1. The molecule has 0 aliphatic heterocycles. The Bertz CT molecular complexity index is 5810. The summed E-state index contributed by atoms with van der Waals surface area (Å²) in [4.78, 5) is 0. The van der Waals surface area contributed by atoms with Gasteiger partial charge in [-0.05, 0) is 257 Å². The molecule has 0 heteroatoms. The van der Waals surface area contributed by atoms with E-state index in [1.165, 1.54) is 186 Å². The van der Waals surface area contributed by atoms with Crippen LogP contribution in [0.3, 0.4) is 0 Å². The molecule has 0 aromatic heterocycles. The average Bonchev–Trinajstić information content (AvgIpc) is 0.670. The molecule has 0 saturated heterocycles. The third kappa shape index (κ3) is 14.7. The fraction of sp³-hybridized carbons (Fsp3) is 0.145. The lowest BCUT2D eigenvalue weighted by Crippen LogP contribution is -2.14. The van der Waals surface area contributed by atoms with Crippen LogP contribution >= 0.6 is 0 Å². The largest absolute Gasteiger partial charge is 0.0622 e. The van der Waals surface area contributed by atoms with Crippen molar-refractivity contribution >= 4 is 109 Å². The van der Waals surface area contributed by atoms with E-state index in [1.807, 2.05) is 0 Å². The molecule has 0 atom stereocenters. The summed E-state index contributed by atoms with van der Waals surface area (Å²) < 4.78 is 0. The predicted molar refractivity (Wildman–Crippen MR) is 481 cm³/mol.